The normalized spacial score (nSPS) is 21.1. The number of carbonyl (C=O) groups is 5. The minimum atomic E-state index is -0.621. The molecule has 410 valence electrons. The minimum Gasteiger partial charge on any atom is -0.460 e. The minimum absolute atomic E-state index is 0.0191. The molecule has 0 bridgehead atoms. The van der Waals surface area contributed by atoms with E-state index >= 15 is 0 Å². The van der Waals surface area contributed by atoms with Crippen molar-refractivity contribution in [1.29, 1.82) is 0 Å². The van der Waals surface area contributed by atoms with Crippen molar-refractivity contribution in [3.8, 4) is 0 Å². The molecule has 0 aliphatic heterocycles. The molecule has 0 aromatic heterocycles. The molecule has 3 fully saturated rings. The highest BCUT2D eigenvalue weighted by atomic mass is 16.6. The third kappa shape index (κ3) is 23.5. The van der Waals surface area contributed by atoms with E-state index in [2.05, 4.69) is 64.1 Å². The number of nitrogens with one attached hydrogen (secondary N) is 2. The molecule has 3 saturated carbocycles. The predicted molar refractivity (Wildman–Crippen MR) is 287 cm³/mol. The second-order valence-electron chi connectivity index (χ2n) is 21.3. The van der Waals surface area contributed by atoms with E-state index < -0.39 is 23.4 Å². The molecule has 3 aromatic carbocycles. The first kappa shape index (κ1) is 58.8. The van der Waals surface area contributed by atoms with E-state index in [9.17, 15) is 24.0 Å². The van der Waals surface area contributed by atoms with Crippen LogP contribution in [0.1, 0.15) is 127 Å². The number of benzene rings is 3. The van der Waals surface area contributed by atoms with Crippen molar-refractivity contribution in [3.63, 3.8) is 0 Å². The van der Waals surface area contributed by atoms with Gasteiger partial charge in [0.15, 0.2) is 0 Å². The molecular weight excluding hydrogens is 953 g/mol. The number of rotatable bonds is 29. The third-order valence-corrected chi connectivity index (χ3v) is 13.9. The number of carbonyl (C=O) groups excluding carboxylic acids is 5. The summed E-state index contributed by atoms with van der Waals surface area (Å²) in [7, 11) is 0. The Bertz CT molecular complexity index is 2120. The lowest BCUT2D eigenvalue weighted by Gasteiger charge is -2.30. The van der Waals surface area contributed by atoms with Crippen LogP contribution < -0.4 is 10.6 Å². The maximum atomic E-state index is 13.5. The van der Waals surface area contributed by atoms with Crippen molar-refractivity contribution in [3.05, 3.63) is 120 Å². The zero-order chi connectivity index (χ0) is 53.1. The first-order chi connectivity index (χ1) is 36.3. The Hall–Kier alpha value is -5.45. The molecule has 0 spiro atoms. The molecule has 3 aliphatic carbocycles. The van der Waals surface area contributed by atoms with Gasteiger partial charge in [0, 0.05) is 51.3 Å². The molecule has 75 heavy (non-hydrogen) atoms. The van der Waals surface area contributed by atoms with Crippen LogP contribution in [0.5, 0.6) is 0 Å². The lowest BCUT2D eigenvalue weighted by Crippen LogP contribution is -2.43. The summed E-state index contributed by atoms with van der Waals surface area (Å²) in [4.78, 5) is 68.1. The van der Waals surface area contributed by atoms with Gasteiger partial charge in [-0.3, -0.25) is 28.9 Å². The Morgan fingerprint density at radius 3 is 1.68 bits per heavy atom. The lowest BCUT2D eigenvalue weighted by molar-refractivity contribution is -0.161. The fourth-order valence-corrected chi connectivity index (χ4v) is 9.86. The topological polar surface area (TPSA) is 171 Å². The number of amides is 3. The number of esters is 2. The molecule has 2 N–H and O–H groups in total. The van der Waals surface area contributed by atoms with E-state index in [0.717, 1.165) is 102 Å². The van der Waals surface area contributed by atoms with E-state index in [0.29, 0.717) is 32.7 Å². The lowest BCUT2D eigenvalue weighted by atomic mass is 9.86. The molecule has 0 radical (unpaired) electrons. The maximum absolute atomic E-state index is 13.5. The monoisotopic (exact) mass is 1040 g/mol. The van der Waals surface area contributed by atoms with Crippen LogP contribution in [-0.4, -0.2) is 128 Å². The first-order valence-electron chi connectivity index (χ1n) is 27.5. The molecule has 0 unspecified atom stereocenters. The zero-order valence-corrected chi connectivity index (χ0v) is 44.8. The second-order valence-corrected chi connectivity index (χ2v) is 21.3. The standard InChI is InChI=1S/C60H84N4O11/c1-60(2,3)75-59(69)49-23-25-50(26-24-49)62-55(65)21-13-37-70-51-27-31-53(32-28-51)72-39-35-61-56(66)43-64(44-58(68)74-45-48-19-11-6-12-20-48)57(67)22-14-38-71-52-29-33-54(34-30-52)73-40-36-63(41-46-15-7-4-8-16-46)42-47-17-9-5-10-18-47/h4-12,14-20,22,49-54H,13,21,23-45H2,1-3H3,(H,61,66)(H,62,65)/b22-14+. The predicted octanol–water partition coefficient (Wildman–Crippen LogP) is 8.42. The fraction of sp³-hybridized carbons (Fsp3) is 0.583. The average molecular weight is 1040 g/mol. The molecule has 15 nitrogen and oxygen atoms in total. The zero-order valence-electron chi connectivity index (χ0n) is 44.8. The van der Waals surface area contributed by atoms with Gasteiger partial charge in [-0.25, -0.2) is 0 Å². The summed E-state index contributed by atoms with van der Waals surface area (Å²) < 4.78 is 35.7. The summed E-state index contributed by atoms with van der Waals surface area (Å²) in [5, 5.41) is 5.96. The maximum Gasteiger partial charge on any atom is 0.326 e. The van der Waals surface area contributed by atoms with E-state index in [-0.39, 0.29) is 81.1 Å². The van der Waals surface area contributed by atoms with Crippen molar-refractivity contribution in [1.82, 2.24) is 20.4 Å². The summed E-state index contributed by atoms with van der Waals surface area (Å²) in [5.74, 6) is -1.75. The van der Waals surface area contributed by atoms with Crippen LogP contribution in [0.4, 0.5) is 0 Å². The van der Waals surface area contributed by atoms with Crippen LogP contribution >= 0.6 is 0 Å². The first-order valence-corrected chi connectivity index (χ1v) is 27.5. The van der Waals surface area contributed by atoms with E-state index in [1.165, 1.54) is 22.1 Å². The molecule has 0 saturated heterocycles. The van der Waals surface area contributed by atoms with Gasteiger partial charge in [0.2, 0.25) is 17.7 Å². The highest BCUT2D eigenvalue weighted by Gasteiger charge is 2.31. The molecule has 6 rings (SSSR count). The summed E-state index contributed by atoms with van der Waals surface area (Å²) in [6.07, 6.45) is 14.3. The quantitative estimate of drug-likeness (QED) is 0.0387. The molecule has 0 heterocycles. The van der Waals surface area contributed by atoms with Gasteiger partial charge in [-0.2, -0.15) is 0 Å². The SMILES string of the molecule is CC(C)(C)OC(=O)C1CCC(NC(=O)CCCOC2CCC(OCCNC(=O)CN(CC(=O)OCc3ccccc3)C(=O)/C=C/COC3CCC(OCCN(Cc4ccccc4)Cc4ccccc4)CC3)CC2)CC1. The summed E-state index contributed by atoms with van der Waals surface area (Å²) in [6.45, 7) is 9.45. The molecule has 3 aromatic rings. The Kier molecular flexibility index (Phi) is 25.3. The average Bonchev–Trinajstić information content (AvgIpc) is 3.40. The molecular formula is C60H84N4O11. The highest BCUT2D eigenvalue weighted by molar-refractivity contribution is 5.93. The van der Waals surface area contributed by atoms with Gasteiger partial charge in [-0.15, -0.1) is 0 Å². The molecule has 3 amide bonds. The van der Waals surface area contributed by atoms with Gasteiger partial charge in [-0.1, -0.05) is 97.1 Å². The van der Waals surface area contributed by atoms with Gasteiger partial charge in [-0.05, 0) is 121 Å². The van der Waals surface area contributed by atoms with E-state index in [4.69, 9.17) is 28.4 Å². The van der Waals surface area contributed by atoms with Crippen LogP contribution in [0.15, 0.2) is 103 Å². The summed E-state index contributed by atoms with van der Waals surface area (Å²) in [6, 6.07) is 30.4. The van der Waals surface area contributed by atoms with Crippen LogP contribution in [0.25, 0.3) is 0 Å². The summed E-state index contributed by atoms with van der Waals surface area (Å²) >= 11 is 0. The molecule has 15 heteroatoms. The van der Waals surface area contributed by atoms with Crippen molar-refractivity contribution >= 4 is 29.7 Å². The Morgan fingerprint density at radius 1 is 0.600 bits per heavy atom. The number of nitrogens with zero attached hydrogens (tertiary/aromatic N) is 2. The molecule has 0 atom stereocenters. The van der Waals surface area contributed by atoms with Gasteiger partial charge in [0.1, 0.15) is 25.3 Å². The van der Waals surface area contributed by atoms with Gasteiger partial charge >= 0.3 is 11.9 Å². The van der Waals surface area contributed by atoms with Crippen molar-refractivity contribution < 1.29 is 52.4 Å². The van der Waals surface area contributed by atoms with Crippen LogP contribution in [-0.2, 0) is 72.1 Å². The fourth-order valence-electron chi connectivity index (χ4n) is 9.86. The van der Waals surface area contributed by atoms with Crippen LogP contribution in [0.2, 0.25) is 0 Å². The third-order valence-electron chi connectivity index (χ3n) is 13.9. The van der Waals surface area contributed by atoms with Crippen molar-refractivity contribution in [2.24, 2.45) is 5.92 Å². The molecule has 3 aliphatic rings. The van der Waals surface area contributed by atoms with Crippen molar-refractivity contribution in [2.45, 2.75) is 166 Å². The van der Waals surface area contributed by atoms with Gasteiger partial charge in [0.05, 0.1) is 50.2 Å². The van der Waals surface area contributed by atoms with Crippen LogP contribution in [0.3, 0.4) is 0 Å². The number of ether oxygens (including phenoxy) is 6. The van der Waals surface area contributed by atoms with Gasteiger partial charge < -0.3 is 44.0 Å². The Morgan fingerprint density at radius 2 is 1.12 bits per heavy atom. The largest absolute Gasteiger partial charge is 0.460 e. The highest BCUT2D eigenvalue weighted by Crippen LogP contribution is 2.28. The van der Waals surface area contributed by atoms with Crippen LogP contribution in [0, 0.1) is 5.92 Å². The summed E-state index contributed by atoms with van der Waals surface area (Å²) in [5.41, 5.74) is 2.88. The van der Waals surface area contributed by atoms with Crippen molar-refractivity contribution in [2.75, 3.05) is 52.6 Å². The number of hydrogen-bond acceptors (Lipinski definition) is 12. The van der Waals surface area contributed by atoms with E-state index in [1.807, 2.05) is 63.2 Å². The smallest absolute Gasteiger partial charge is 0.326 e. The number of hydrogen-bond donors (Lipinski definition) is 2. The van der Waals surface area contributed by atoms with Gasteiger partial charge in [0.25, 0.3) is 0 Å². The Labute approximate surface area is 445 Å². The second kappa shape index (κ2) is 32.2. The van der Waals surface area contributed by atoms with E-state index in [1.54, 1.807) is 6.08 Å². The Balaban J connectivity index is 0.832.